The van der Waals surface area contributed by atoms with Gasteiger partial charge in [-0.2, -0.15) is 0 Å². The zero-order valence-electron chi connectivity index (χ0n) is 11.5. The van der Waals surface area contributed by atoms with Crippen LogP contribution in [0.4, 0.5) is 21.9 Å². The summed E-state index contributed by atoms with van der Waals surface area (Å²) in [6, 6.07) is 12.7. The molecular weight excluding hydrogens is 286 g/mol. The number of nitrogens with zero attached hydrogens (tertiary/aromatic N) is 1. The van der Waals surface area contributed by atoms with E-state index in [2.05, 4.69) is 5.32 Å². The maximum absolute atomic E-state index is 12.5. The molecule has 1 heterocycles. The highest BCUT2D eigenvalue weighted by Crippen LogP contribution is 2.30. The summed E-state index contributed by atoms with van der Waals surface area (Å²) < 4.78 is 0. The first kappa shape index (κ1) is 13.8. The maximum Gasteiger partial charge on any atom is 0.326 e. The van der Waals surface area contributed by atoms with E-state index >= 15 is 0 Å². The Hall–Kier alpha value is -2.20. The largest absolute Gasteiger partial charge is 0.399 e. The predicted octanol–water partition coefficient (Wildman–Crippen LogP) is 3.91. The molecule has 0 atom stereocenters. The van der Waals surface area contributed by atoms with Crippen LogP contribution in [0, 0.1) is 0 Å². The van der Waals surface area contributed by atoms with E-state index in [1.165, 1.54) is 0 Å². The molecule has 0 aliphatic carbocycles. The minimum atomic E-state index is -0.186. The van der Waals surface area contributed by atoms with Crippen molar-refractivity contribution < 1.29 is 4.79 Å². The van der Waals surface area contributed by atoms with Crippen molar-refractivity contribution in [3.8, 4) is 0 Å². The van der Waals surface area contributed by atoms with Gasteiger partial charge in [0.05, 0.1) is 16.4 Å². The number of benzene rings is 2. The lowest BCUT2D eigenvalue weighted by Gasteiger charge is -2.30. The third-order valence-corrected chi connectivity index (χ3v) is 3.92. The van der Waals surface area contributed by atoms with Gasteiger partial charge in [-0.05, 0) is 42.7 Å². The van der Waals surface area contributed by atoms with Gasteiger partial charge < -0.3 is 11.1 Å². The fourth-order valence-electron chi connectivity index (χ4n) is 2.55. The van der Waals surface area contributed by atoms with Crippen LogP contribution in [0.25, 0.3) is 0 Å². The van der Waals surface area contributed by atoms with Crippen LogP contribution in [0.2, 0.25) is 5.02 Å². The Morgan fingerprint density at radius 1 is 1.24 bits per heavy atom. The molecule has 4 nitrogen and oxygen atoms in total. The number of rotatable bonds is 1. The van der Waals surface area contributed by atoms with Crippen LogP contribution in [-0.2, 0) is 6.42 Å². The Morgan fingerprint density at radius 3 is 2.86 bits per heavy atom. The second-order valence-electron chi connectivity index (χ2n) is 5.05. The quantitative estimate of drug-likeness (QED) is 0.785. The molecule has 0 radical (unpaired) electrons. The Balaban J connectivity index is 1.87. The molecule has 3 N–H and O–H groups in total. The van der Waals surface area contributed by atoms with Gasteiger partial charge in [0.15, 0.2) is 0 Å². The van der Waals surface area contributed by atoms with E-state index in [1.807, 2.05) is 30.3 Å². The number of hydrogen-bond acceptors (Lipinski definition) is 2. The summed E-state index contributed by atoms with van der Waals surface area (Å²) in [5, 5.41) is 3.38. The number of amides is 2. The molecule has 5 heteroatoms. The number of halogens is 1. The van der Waals surface area contributed by atoms with Crippen molar-refractivity contribution in [2.75, 3.05) is 22.5 Å². The molecule has 0 bridgehead atoms. The Kier molecular flexibility index (Phi) is 3.71. The molecule has 0 saturated heterocycles. The first-order chi connectivity index (χ1) is 10.1. The molecule has 0 saturated carbocycles. The normalized spacial score (nSPS) is 13.7. The highest BCUT2D eigenvalue weighted by atomic mass is 35.5. The van der Waals surface area contributed by atoms with Crippen molar-refractivity contribution in [2.45, 2.75) is 12.8 Å². The van der Waals surface area contributed by atoms with Crippen LogP contribution in [0.5, 0.6) is 0 Å². The molecule has 3 rings (SSSR count). The lowest BCUT2D eigenvalue weighted by atomic mass is 10.0. The number of carbonyl (C=O) groups is 1. The number of carbonyl (C=O) groups excluding carboxylic acids is 1. The minimum absolute atomic E-state index is 0.186. The highest BCUT2D eigenvalue weighted by Gasteiger charge is 2.23. The first-order valence-corrected chi connectivity index (χ1v) is 7.24. The van der Waals surface area contributed by atoms with E-state index in [4.69, 9.17) is 17.3 Å². The molecule has 1 aliphatic heterocycles. The monoisotopic (exact) mass is 301 g/mol. The Bertz CT molecular complexity index is 687. The first-order valence-electron chi connectivity index (χ1n) is 6.86. The van der Waals surface area contributed by atoms with E-state index in [0.29, 0.717) is 22.9 Å². The summed E-state index contributed by atoms with van der Waals surface area (Å²) in [5.41, 5.74) is 9.13. The predicted molar refractivity (Wildman–Crippen MR) is 87.0 cm³/mol. The Labute approximate surface area is 128 Å². The van der Waals surface area contributed by atoms with Crippen LogP contribution in [0.1, 0.15) is 12.0 Å². The van der Waals surface area contributed by atoms with E-state index in [0.717, 1.165) is 24.1 Å². The summed E-state index contributed by atoms with van der Waals surface area (Å²) in [5.74, 6) is 0. The second-order valence-corrected chi connectivity index (χ2v) is 5.46. The highest BCUT2D eigenvalue weighted by molar-refractivity contribution is 6.33. The molecule has 1 aliphatic rings. The van der Waals surface area contributed by atoms with Gasteiger partial charge in [-0.3, -0.25) is 4.90 Å². The summed E-state index contributed by atoms with van der Waals surface area (Å²) in [6.07, 6.45) is 1.90. The van der Waals surface area contributed by atoms with Crippen molar-refractivity contribution in [3.05, 3.63) is 53.1 Å². The number of nitrogens with one attached hydrogen (secondary N) is 1. The molecule has 2 aromatic rings. The average Bonchev–Trinajstić information content (AvgIpc) is 2.49. The van der Waals surface area contributed by atoms with Crippen molar-refractivity contribution in [1.82, 2.24) is 0 Å². The molecule has 0 spiro atoms. The summed E-state index contributed by atoms with van der Waals surface area (Å²) in [6.45, 7) is 0.673. The number of para-hydroxylation sites is 1. The van der Waals surface area contributed by atoms with Crippen molar-refractivity contribution >= 4 is 34.7 Å². The average molecular weight is 302 g/mol. The van der Waals surface area contributed by atoms with E-state index < -0.39 is 0 Å². The van der Waals surface area contributed by atoms with Crippen molar-refractivity contribution in [1.29, 1.82) is 0 Å². The lowest BCUT2D eigenvalue weighted by Crippen LogP contribution is -2.38. The number of fused-ring (bicyclic) bond motifs is 1. The van der Waals surface area contributed by atoms with Crippen molar-refractivity contribution in [2.24, 2.45) is 0 Å². The Morgan fingerprint density at radius 2 is 2.05 bits per heavy atom. The third kappa shape index (κ3) is 2.81. The zero-order valence-corrected chi connectivity index (χ0v) is 12.2. The second kappa shape index (κ2) is 5.66. The van der Waals surface area contributed by atoms with Gasteiger partial charge in [-0.1, -0.05) is 29.8 Å². The molecule has 0 unspecified atom stereocenters. The van der Waals surface area contributed by atoms with Crippen LogP contribution < -0.4 is 16.0 Å². The van der Waals surface area contributed by atoms with E-state index in [9.17, 15) is 4.79 Å². The molecule has 0 fully saturated rings. The SMILES string of the molecule is Nc1ccc2c(c1)N(C(=O)Nc1ccccc1Cl)CCC2. The standard InChI is InChI=1S/C16H16ClN3O/c17-13-5-1-2-6-14(13)19-16(21)20-9-3-4-11-7-8-12(18)10-15(11)20/h1-2,5-8,10H,3-4,9,18H2,(H,19,21). The zero-order chi connectivity index (χ0) is 14.8. The third-order valence-electron chi connectivity index (χ3n) is 3.59. The molecule has 0 aromatic heterocycles. The number of hydrogen-bond donors (Lipinski definition) is 2. The van der Waals surface area contributed by atoms with E-state index in [1.54, 1.807) is 17.0 Å². The number of nitrogen functional groups attached to an aromatic ring is 1. The summed E-state index contributed by atoms with van der Waals surface area (Å²) >= 11 is 6.08. The smallest absolute Gasteiger partial charge is 0.326 e. The van der Waals surface area contributed by atoms with Crippen molar-refractivity contribution in [3.63, 3.8) is 0 Å². The number of aryl methyl sites for hydroxylation is 1. The van der Waals surface area contributed by atoms with Gasteiger partial charge in [-0.25, -0.2) is 4.79 Å². The van der Waals surface area contributed by atoms with Crippen LogP contribution in [0.3, 0.4) is 0 Å². The van der Waals surface area contributed by atoms with Crippen LogP contribution in [-0.4, -0.2) is 12.6 Å². The fourth-order valence-corrected chi connectivity index (χ4v) is 2.73. The van der Waals surface area contributed by atoms with Gasteiger partial charge in [0.2, 0.25) is 0 Å². The van der Waals surface area contributed by atoms with Gasteiger partial charge in [0.1, 0.15) is 0 Å². The molecule has 108 valence electrons. The lowest BCUT2D eigenvalue weighted by molar-refractivity contribution is 0.256. The summed E-state index contributed by atoms with van der Waals surface area (Å²) in [4.78, 5) is 14.2. The number of nitrogens with two attached hydrogens (primary N) is 1. The fraction of sp³-hybridized carbons (Fsp3) is 0.188. The molecule has 2 aromatic carbocycles. The van der Waals surface area contributed by atoms with Gasteiger partial charge in [0, 0.05) is 12.2 Å². The molecule has 2 amide bonds. The van der Waals surface area contributed by atoms with Crippen LogP contribution in [0.15, 0.2) is 42.5 Å². The van der Waals surface area contributed by atoms with Gasteiger partial charge in [0.25, 0.3) is 0 Å². The minimum Gasteiger partial charge on any atom is -0.399 e. The topological polar surface area (TPSA) is 58.4 Å². The van der Waals surface area contributed by atoms with Crippen LogP contribution >= 0.6 is 11.6 Å². The maximum atomic E-state index is 12.5. The van der Waals surface area contributed by atoms with E-state index in [-0.39, 0.29) is 6.03 Å². The summed E-state index contributed by atoms with van der Waals surface area (Å²) in [7, 11) is 0. The van der Waals surface area contributed by atoms with Gasteiger partial charge in [-0.15, -0.1) is 0 Å². The van der Waals surface area contributed by atoms with Gasteiger partial charge >= 0.3 is 6.03 Å². The number of urea groups is 1. The number of anilines is 3. The molecular formula is C16H16ClN3O. The molecule has 21 heavy (non-hydrogen) atoms.